The molecule has 0 saturated carbocycles. The van der Waals surface area contributed by atoms with E-state index in [0.29, 0.717) is 5.56 Å². The van der Waals surface area contributed by atoms with Gasteiger partial charge in [-0.25, -0.2) is 4.90 Å². The molecule has 102 valence electrons. The van der Waals surface area contributed by atoms with Crippen LogP contribution < -0.4 is 10.6 Å². The van der Waals surface area contributed by atoms with Gasteiger partial charge in [-0.3, -0.25) is 14.7 Å². The van der Waals surface area contributed by atoms with Crippen LogP contribution in [0.15, 0.2) is 6.20 Å². The standard InChI is InChI=1S/C12H16N4O2S/c1-6(2)12(3)4-8(17)16(11(12)18)10-7(9(13)19)5-14-15-10/h5-6H,4H2,1-3H3,(H2,13,19)(H,14,15). The first-order valence-corrected chi connectivity index (χ1v) is 6.40. The lowest BCUT2D eigenvalue weighted by atomic mass is 9.78. The molecule has 6 nitrogen and oxygen atoms in total. The number of rotatable bonds is 3. The number of anilines is 1. The number of thiocarbonyl (C=S) groups is 1. The predicted octanol–water partition coefficient (Wildman–Crippen LogP) is 0.969. The Morgan fingerprint density at radius 2 is 2.21 bits per heavy atom. The molecule has 1 aliphatic heterocycles. The molecule has 2 amide bonds. The first kappa shape index (κ1) is 13.7. The van der Waals surface area contributed by atoms with E-state index in [1.54, 1.807) is 6.92 Å². The third-order valence-corrected chi connectivity index (χ3v) is 4.06. The van der Waals surface area contributed by atoms with Crippen LogP contribution in [0, 0.1) is 11.3 Å². The quantitative estimate of drug-likeness (QED) is 0.636. The number of hydrogen-bond acceptors (Lipinski definition) is 4. The number of nitrogens with one attached hydrogen (secondary N) is 1. The van der Waals surface area contributed by atoms with Gasteiger partial charge >= 0.3 is 0 Å². The average Bonchev–Trinajstić information content (AvgIpc) is 2.84. The molecule has 1 aromatic heterocycles. The molecule has 0 spiro atoms. The molecule has 1 unspecified atom stereocenters. The second-order valence-electron chi connectivity index (χ2n) is 5.28. The molecule has 0 bridgehead atoms. The fourth-order valence-corrected chi connectivity index (χ4v) is 2.29. The fraction of sp³-hybridized carbons (Fsp3) is 0.500. The zero-order valence-corrected chi connectivity index (χ0v) is 11.9. The molecule has 2 heterocycles. The second kappa shape index (κ2) is 4.41. The van der Waals surface area contributed by atoms with Gasteiger partial charge in [-0.15, -0.1) is 0 Å². The minimum absolute atomic E-state index is 0.0603. The second-order valence-corrected chi connectivity index (χ2v) is 5.72. The number of aromatic nitrogens is 2. The van der Waals surface area contributed by atoms with E-state index in [9.17, 15) is 9.59 Å². The summed E-state index contributed by atoms with van der Waals surface area (Å²) in [5.74, 6) is -0.172. The normalized spacial score (nSPS) is 23.5. The third kappa shape index (κ3) is 1.94. The van der Waals surface area contributed by atoms with Gasteiger partial charge in [-0.05, 0) is 12.8 Å². The average molecular weight is 280 g/mol. The number of H-pyrrole nitrogens is 1. The van der Waals surface area contributed by atoms with Gasteiger partial charge < -0.3 is 5.73 Å². The Bertz CT molecular complexity index is 566. The van der Waals surface area contributed by atoms with Crippen molar-refractivity contribution in [1.82, 2.24) is 10.2 Å². The lowest BCUT2D eigenvalue weighted by Gasteiger charge is -2.25. The molecule has 0 aromatic carbocycles. The smallest absolute Gasteiger partial charge is 0.241 e. The summed E-state index contributed by atoms with van der Waals surface area (Å²) in [6.45, 7) is 5.65. The largest absolute Gasteiger partial charge is 0.389 e. The molecule has 19 heavy (non-hydrogen) atoms. The summed E-state index contributed by atoms with van der Waals surface area (Å²) in [4.78, 5) is 25.9. The number of nitrogens with two attached hydrogens (primary N) is 1. The third-order valence-electron chi connectivity index (χ3n) is 3.84. The summed E-state index contributed by atoms with van der Waals surface area (Å²) in [7, 11) is 0. The molecule has 1 fully saturated rings. The molecule has 3 N–H and O–H groups in total. The van der Waals surface area contributed by atoms with Crippen LogP contribution in [-0.2, 0) is 9.59 Å². The van der Waals surface area contributed by atoms with E-state index in [4.69, 9.17) is 18.0 Å². The van der Waals surface area contributed by atoms with E-state index >= 15 is 0 Å². The van der Waals surface area contributed by atoms with Crippen molar-refractivity contribution in [2.24, 2.45) is 17.1 Å². The summed E-state index contributed by atoms with van der Waals surface area (Å²) in [5.41, 5.74) is 5.28. The van der Waals surface area contributed by atoms with E-state index in [1.165, 1.54) is 6.20 Å². The number of amides is 2. The van der Waals surface area contributed by atoms with Gasteiger partial charge in [0, 0.05) is 6.42 Å². The Morgan fingerprint density at radius 1 is 1.58 bits per heavy atom. The van der Waals surface area contributed by atoms with Crippen molar-refractivity contribution in [2.45, 2.75) is 27.2 Å². The number of imide groups is 1. The van der Waals surface area contributed by atoms with Gasteiger partial charge in [0.25, 0.3) is 0 Å². The van der Waals surface area contributed by atoms with Crippen LogP contribution in [0.1, 0.15) is 32.8 Å². The minimum Gasteiger partial charge on any atom is -0.389 e. The number of hydrogen-bond donors (Lipinski definition) is 2. The molecule has 1 atom stereocenters. The Balaban J connectivity index is 2.47. The van der Waals surface area contributed by atoms with Crippen LogP contribution >= 0.6 is 12.2 Å². The summed E-state index contributed by atoms with van der Waals surface area (Å²) < 4.78 is 0. The highest BCUT2D eigenvalue weighted by Gasteiger charge is 2.51. The maximum absolute atomic E-state index is 12.5. The molecule has 2 rings (SSSR count). The SMILES string of the molecule is CC(C)C1(C)CC(=O)N(c2[nH]ncc2C(N)=S)C1=O. The Kier molecular flexibility index (Phi) is 3.17. The number of carbonyl (C=O) groups is 2. The highest BCUT2D eigenvalue weighted by Crippen LogP contribution is 2.41. The Hall–Kier alpha value is -1.76. The van der Waals surface area contributed by atoms with Crippen molar-refractivity contribution in [2.75, 3.05) is 4.90 Å². The summed E-state index contributed by atoms with van der Waals surface area (Å²) in [5, 5.41) is 6.44. The molecule has 0 aliphatic carbocycles. The monoisotopic (exact) mass is 280 g/mol. The summed E-state index contributed by atoms with van der Waals surface area (Å²) in [6.07, 6.45) is 1.60. The van der Waals surface area contributed by atoms with Gasteiger partial charge in [0.05, 0.1) is 17.2 Å². The van der Waals surface area contributed by atoms with E-state index in [-0.39, 0.29) is 35.0 Å². The van der Waals surface area contributed by atoms with Crippen LogP contribution in [0.3, 0.4) is 0 Å². The summed E-state index contributed by atoms with van der Waals surface area (Å²) >= 11 is 4.89. The van der Waals surface area contributed by atoms with E-state index < -0.39 is 5.41 Å². The van der Waals surface area contributed by atoms with Gasteiger partial charge in [-0.2, -0.15) is 5.10 Å². The maximum atomic E-state index is 12.5. The Morgan fingerprint density at radius 3 is 2.68 bits per heavy atom. The fourth-order valence-electron chi connectivity index (χ4n) is 2.14. The topological polar surface area (TPSA) is 92.1 Å². The first-order chi connectivity index (χ1) is 8.79. The molecule has 1 aromatic rings. The number of nitrogens with zero attached hydrogens (tertiary/aromatic N) is 2. The van der Waals surface area contributed by atoms with Gasteiger partial charge in [0.1, 0.15) is 10.8 Å². The van der Waals surface area contributed by atoms with Crippen molar-refractivity contribution in [3.63, 3.8) is 0 Å². The molecular weight excluding hydrogens is 264 g/mol. The van der Waals surface area contributed by atoms with Crippen LogP contribution in [0.25, 0.3) is 0 Å². The molecule has 1 saturated heterocycles. The van der Waals surface area contributed by atoms with E-state index in [0.717, 1.165) is 4.90 Å². The van der Waals surface area contributed by atoms with Crippen LogP contribution in [0.4, 0.5) is 5.82 Å². The highest BCUT2D eigenvalue weighted by molar-refractivity contribution is 7.80. The van der Waals surface area contributed by atoms with Crippen LogP contribution in [0.5, 0.6) is 0 Å². The maximum Gasteiger partial charge on any atom is 0.241 e. The van der Waals surface area contributed by atoms with Crippen LogP contribution in [-0.4, -0.2) is 27.0 Å². The van der Waals surface area contributed by atoms with E-state index in [1.807, 2.05) is 13.8 Å². The van der Waals surface area contributed by atoms with Crippen molar-refractivity contribution in [3.8, 4) is 0 Å². The minimum atomic E-state index is -0.699. The van der Waals surface area contributed by atoms with Gasteiger partial charge in [0.2, 0.25) is 11.8 Å². The van der Waals surface area contributed by atoms with Gasteiger partial charge in [-0.1, -0.05) is 26.1 Å². The molecule has 1 aliphatic rings. The molecule has 7 heteroatoms. The molecular formula is C12H16N4O2S. The van der Waals surface area contributed by atoms with E-state index in [2.05, 4.69) is 10.2 Å². The van der Waals surface area contributed by atoms with Gasteiger partial charge in [0.15, 0.2) is 0 Å². The van der Waals surface area contributed by atoms with Crippen molar-refractivity contribution >= 4 is 34.8 Å². The lowest BCUT2D eigenvalue weighted by molar-refractivity contribution is -0.126. The zero-order chi connectivity index (χ0) is 14.4. The van der Waals surface area contributed by atoms with Crippen molar-refractivity contribution < 1.29 is 9.59 Å². The highest BCUT2D eigenvalue weighted by atomic mass is 32.1. The first-order valence-electron chi connectivity index (χ1n) is 5.99. The summed E-state index contributed by atoms with van der Waals surface area (Å²) in [6, 6.07) is 0. The Labute approximate surface area is 116 Å². The zero-order valence-electron chi connectivity index (χ0n) is 11.1. The molecule has 0 radical (unpaired) electrons. The van der Waals surface area contributed by atoms with Crippen molar-refractivity contribution in [1.29, 1.82) is 0 Å². The number of carbonyl (C=O) groups excluding carboxylic acids is 2. The van der Waals surface area contributed by atoms with Crippen LogP contribution in [0.2, 0.25) is 0 Å². The number of aromatic amines is 1. The van der Waals surface area contributed by atoms with Crippen molar-refractivity contribution in [3.05, 3.63) is 11.8 Å². The lowest BCUT2D eigenvalue weighted by Crippen LogP contribution is -2.38. The predicted molar refractivity (Wildman–Crippen MR) is 74.5 cm³/mol.